The summed E-state index contributed by atoms with van der Waals surface area (Å²) in [5.41, 5.74) is -0.415. The fraction of sp³-hybridized carbons (Fsp3) is 0.304. The summed E-state index contributed by atoms with van der Waals surface area (Å²) in [6.07, 6.45) is 8.29. The lowest BCUT2D eigenvalue weighted by Crippen LogP contribution is -2.37. The first kappa shape index (κ1) is 22.0. The third-order valence-electron chi connectivity index (χ3n) is 5.66. The van der Waals surface area contributed by atoms with Gasteiger partial charge in [0.05, 0.1) is 11.2 Å². The predicted molar refractivity (Wildman–Crippen MR) is 122 cm³/mol. The van der Waals surface area contributed by atoms with Crippen molar-refractivity contribution < 1.29 is 17.9 Å². The van der Waals surface area contributed by atoms with Crippen LogP contribution in [-0.2, 0) is 16.6 Å². The summed E-state index contributed by atoms with van der Waals surface area (Å²) in [4.78, 5) is 13.3. The molecule has 2 aliphatic rings. The lowest BCUT2D eigenvalue weighted by atomic mass is 10.1. The Morgan fingerprint density at radius 3 is 2.78 bits per heavy atom. The van der Waals surface area contributed by atoms with E-state index in [1.165, 1.54) is 41.7 Å². The largest absolute Gasteiger partial charge is 0.506 e. The van der Waals surface area contributed by atoms with E-state index in [1.54, 1.807) is 13.0 Å². The molecule has 1 aliphatic heterocycles. The lowest BCUT2D eigenvalue weighted by Gasteiger charge is -2.21. The van der Waals surface area contributed by atoms with Crippen molar-refractivity contribution in [1.29, 1.82) is 0 Å². The fourth-order valence-corrected chi connectivity index (χ4v) is 5.10. The monoisotopic (exact) mass is 457 g/mol. The minimum atomic E-state index is -4.16. The summed E-state index contributed by atoms with van der Waals surface area (Å²) < 4.78 is 44.7. The number of hydrogen-bond donors (Lipinski definition) is 2. The second-order valence-electron chi connectivity index (χ2n) is 7.95. The number of nitrogens with one attached hydrogen (secondary N) is 1. The topological polar surface area (TPSA) is 101 Å². The molecular weight excluding hydrogens is 433 g/mol. The molecule has 0 radical (unpaired) electrons. The molecule has 32 heavy (non-hydrogen) atoms. The molecule has 0 spiro atoms. The van der Waals surface area contributed by atoms with Crippen molar-refractivity contribution in [2.24, 2.45) is 10.3 Å². The molecule has 2 aromatic rings. The lowest BCUT2D eigenvalue weighted by molar-refractivity contribution is 0.475. The van der Waals surface area contributed by atoms with E-state index in [0.29, 0.717) is 18.0 Å². The molecule has 0 amide bonds. The molecule has 0 saturated heterocycles. The molecule has 0 bridgehead atoms. The number of allylic oxidation sites excluding steroid dienone is 3. The first-order valence-corrected chi connectivity index (χ1v) is 11.9. The zero-order valence-corrected chi connectivity index (χ0v) is 18.5. The van der Waals surface area contributed by atoms with Crippen LogP contribution in [0, 0.1) is 11.7 Å². The van der Waals surface area contributed by atoms with E-state index < -0.39 is 27.1 Å². The van der Waals surface area contributed by atoms with Crippen molar-refractivity contribution >= 4 is 26.8 Å². The van der Waals surface area contributed by atoms with Crippen LogP contribution in [0.4, 0.5) is 4.39 Å². The van der Waals surface area contributed by atoms with E-state index in [-0.39, 0.29) is 27.4 Å². The summed E-state index contributed by atoms with van der Waals surface area (Å²) >= 11 is 0. The molecule has 1 aromatic heterocycles. The number of nitrogens with zero attached hydrogens (tertiary/aromatic N) is 2. The molecule has 4 rings (SSSR count). The van der Waals surface area contributed by atoms with Gasteiger partial charge in [0.25, 0.3) is 15.6 Å². The number of aryl methyl sites for hydroxylation is 1. The number of hydrogen-bond acceptors (Lipinski definition) is 5. The van der Waals surface area contributed by atoms with Crippen molar-refractivity contribution in [1.82, 2.24) is 9.88 Å². The first-order chi connectivity index (χ1) is 15.3. The molecule has 2 N–H and O–H groups in total. The van der Waals surface area contributed by atoms with Crippen LogP contribution >= 0.6 is 0 Å². The Morgan fingerprint density at radius 2 is 2.12 bits per heavy atom. The number of halogens is 1. The van der Waals surface area contributed by atoms with Crippen molar-refractivity contribution in [2.75, 3.05) is 0 Å². The van der Waals surface area contributed by atoms with Crippen LogP contribution < -0.4 is 10.9 Å². The highest BCUT2D eigenvalue weighted by atomic mass is 32.2. The molecule has 1 fully saturated rings. The molecule has 9 heteroatoms. The summed E-state index contributed by atoms with van der Waals surface area (Å²) in [7, 11) is -4.16. The Labute approximate surface area is 185 Å². The van der Waals surface area contributed by atoms with Crippen LogP contribution in [0.5, 0.6) is 5.75 Å². The highest BCUT2D eigenvalue weighted by Gasteiger charge is 2.30. The van der Waals surface area contributed by atoms with Crippen molar-refractivity contribution in [2.45, 2.75) is 39.2 Å². The molecular formula is C23H24FN3O4S. The van der Waals surface area contributed by atoms with Crippen LogP contribution in [0.3, 0.4) is 0 Å². The van der Waals surface area contributed by atoms with Gasteiger partial charge in [0, 0.05) is 11.9 Å². The Hall–Kier alpha value is -3.20. The number of benzene rings is 1. The Kier molecular flexibility index (Phi) is 5.77. The second-order valence-corrected chi connectivity index (χ2v) is 9.52. The molecule has 0 atom stereocenters. The smallest absolute Gasteiger partial charge is 0.286 e. The minimum Gasteiger partial charge on any atom is -0.506 e. The average molecular weight is 458 g/mol. The zero-order chi connectivity index (χ0) is 23.0. The SMILES string of the molecule is C=CC1=C(/C=C\C)S(=O)(=O)N=C(c2c(O)c3cc(F)ccc3n(CCCC3CC3)c2=O)N1. The van der Waals surface area contributed by atoms with Gasteiger partial charge in [0.2, 0.25) is 0 Å². The van der Waals surface area contributed by atoms with E-state index >= 15 is 0 Å². The van der Waals surface area contributed by atoms with Crippen LogP contribution in [0.15, 0.2) is 62.8 Å². The molecule has 0 unspecified atom stereocenters. The van der Waals surface area contributed by atoms with Crippen LogP contribution in [0.25, 0.3) is 10.9 Å². The maximum atomic E-state index is 14.0. The number of amidine groups is 1. The van der Waals surface area contributed by atoms with Crippen LogP contribution in [-0.4, -0.2) is 23.9 Å². The standard InChI is InChI=1S/C23H24FN3O4S/c1-3-6-19-17(4-2)25-22(26-32(19,30)31)20-21(28)16-13-15(24)10-11-18(16)27(23(20)29)12-5-7-14-8-9-14/h3-4,6,10-11,13-14,28H,2,5,7-9,12H2,1H3,(H,25,26)/b6-3-. The third-order valence-corrected chi connectivity index (χ3v) is 6.99. The Balaban J connectivity index is 1.90. The zero-order valence-electron chi connectivity index (χ0n) is 17.6. The van der Waals surface area contributed by atoms with Gasteiger partial charge in [-0.3, -0.25) is 4.79 Å². The van der Waals surface area contributed by atoms with Crippen molar-refractivity contribution in [3.8, 4) is 5.75 Å². The molecule has 7 nitrogen and oxygen atoms in total. The first-order valence-electron chi connectivity index (χ1n) is 10.4. The van der Waals surface area contributed by atoms with Gasteiger partial charge in [0.15, 0.2) is 5.84 Å². The highest BCUT2D eigenvalue weighted by Crippen LogP contribution is 2.34. The number of pyridine rings is 1. The van der Waals surface area contributed by atoms with Crippen molar-refractivity contribution in [3.63, 3.8) is 0 Å². The number of aromatic nitrogens is 1. The van der Waals surface area contributed by atoms with Crippen LogP contribution in [0.2, 0.25) is 0 Å². The van der Waals surface area contributed by atoms with Crippen LogP contribution in [0.1, 0.15) is 38.2 Å². The van der Waals surface area contributed by atoms with Gasteiger partial charge in [-0.15, -0.1) is 4.40 Å². The van der Waals surface area contributed by atoms with E-state index in [4.69, 9.17) is 0 Å². The molecule has 1 saturated carbocycles. The molecule has 1 aromatic carbocycles. The Bertz CT molecular complexity index is 1370. The quantitative estimate of drug-likeness (QED) is 0.660. The highest BCUT2D eigenvalue weighted by molar-refractivity contribution is 7.94. The maximum absolute atomic E-state index is 14.0. The van der Waals surface area contributed by atoms with Crippen molar-refractivity contribution in [3.05, 3.63) is 75.3 Å². The molecule has 168 valence electrons. The minimum absolute atomic E-state index is 0.102. The molecule has 2 heterocycles. The number of rotatable bonds is 7. The van der Waals surface area contributed by atoms with E-state index in [0.717, 1.165) is 18.9 Å². The number of fused-ring (bicyclic) bond motifs is 1. The van der Waals surface area contributed by atoms with E-state index in [9.17, 15) is 22.7 Å². The van der Waals surface area contributed by atoms with Gasteiger partial charge < -0.3 is 15.0 Å². The van der Waals surface area contributed by atoms with Gasteiger partial charge in [0.1, 0.15) is 22.0 Å². The summed E-state index contributed by atoms with van der Waals surface area (Å²) in [6, 6.07) is 3.79. The van der Waals surface area contributed by atoms with Gasteiger partial charge in [-0.05, 0) is 56.0 Å². The summed E-state index contributed by atoms with van der Waals surface area (Å²) in [5.74, 6) is -0.763. The normalized spacial score (nSPS) is 18.1. The van der Waals surface area contributed by atoms with Gasteiger partial charge in [-0.1, -0.05) is 25.5 Å². The van der Waals surface area contributed by atoms with Gasteiger partial charge in [-0.2, -0.15) is 8.42 Å². The van der Waals surface area contributed by atoms with E-state index in [2.05, 4.69) is 16.3 Å². The average Bonchev–Trinajstić information content (AvgIpc) is 3.56. The third kappa shape index (κ3) is 4.00. The predicted octanol–water partition coefficient (Wildman–Crippen LogP) is 3.69. The molecule has 1 aliphatic carbocycles. The Morgan fingerprint density at radius 1 is 1.38 bits per heavy atom. The fourth-order valence-electron chi connectivity index (χ4n) is 3.90. The summed E-state index contributed by atoms with van der Waals surface area (Å²) in [6.45, 7) is 5.65. The van der Waals surface area contributed by atoms with Gasteiger partial charge >= 0.3 is 0 Å². The summed E-state index contributed by atoms with van der Waals surface area (Å²) in [5, 5.41) is 13.8. The number of aromatic hydroxyl groups is 1. The number of sulfonamides is 1. The van der Waals surface area contributed by atoms with E-state index in [1.807, 2.05) is 0 Å². The maximum Gasteiger partial charge on any atom is 0.286 e. The van der Waals surface area contributed by atoms with Gasteiger partial charge in [-0.25, -0.2) is 4.39 Å². The second kappa shape index (κ2) is 8.38.